The van der Waals surface area contributed by atoms with Gasteiger partial charge in [0.2, 0.25) is 10.0 Å². The van der Waals surface area contributed by atoms with Crippen molar-refractivity contribution in [1.29, 1.82) is 0 Å². The first-order valence-electron chi connectivity index (χ1n) is 9.84. The van der Waals surface area contributed by atoms with Crippen molar-refractivity contribution in [1.82, 2.24) is 9.29 Å². The summed E-state index contributed by atoms with van der Waals surface area (Å²) < 4.78 is 69.0. The first kappa shape index (κ1) is 25.5. The van der Waals surface area contributed by atoms with Crippen LogP contribution in [0.3, 0.4) is 0 Å². The second-order valence-corrected chi connectivity index (χ2v) is 9.87. The number of hydrogen-bond donors (Lipinski definition) is 1. The zero-order valence-corrected chi connectivity index (χ0v) is 18.0. The molecule has 1 unspecified atom stereocenters. The van der Waals surface area contributed by atoms with Crippen LogP contribution in [0.15, 0.2) is 24.5 Å². The summed E-state index contributed by atoms with van der Waals surface area (Å²) in [5, 5.41) is 7.12. The molecule has 1 atom stereocenters. The molecule has 12 heteroatoms. The van der Waals surface area contributed by atoms with Crippen LogP contribution in [-0.4, -0.2) is 73.1 Å². The smallest absolute Gasteiger partial charge is 0.475 e. The summed E-state index contributed by atoms with van der Waals surface area (Å²) in [6.07, 6.45) is 1.30. The molecular formula is C19H27F3N2O6S. The van der Waals surface area contributed by atoms with Gasteiger partial charge >= 0.3 is 12.1 Å². The maximum atomic E-state index is 12.0. The maximum Gasteiger partial charge on any atom is 0.490 e. The normalized spacial score (nSPS) is 21.5. The molecular weight excluding hydrogens is 441 g/mol. The molecule has 2 fully saturated rings. The van der Waals surface area contributed by atoms with Crippen LogP contribution in [0.4, 0.5) is 13.2 Å². The molecule has 0 bridgehead atoms. The van der Waals surface area contributed by atoms with E-state index in [0.717, 1.165) is 24.8 Å². The number of ether oxygens (including phenoxy) is 2. The Kier molecular flexibility index (Phi) is 8.81. The van der Waals surface area contributed by atoms with E-state index in [9.17, 15) is 21.6 Å². The molecule has 8 nitrogen and oxygen atoms in total. The SMILES string of the molecule is CCS(=O)(=O)N1CCC2(CC1)COC(COCc1cccnc1)C2.O=C(O)C(F)(F)F. The van der Waals surface area contributed by atoms with E-state index < -0.39 is 22.2 Å². The Morgan fingerprint density at radius 1 is 1.39 bits per heavy atom. The van der Waals surface area contributed by atoms with Crippen LogP contribution in [0.2, 0.25) is 0 Å². The van der Waals surface area contributed by atoms with E-state index in [4.69, 9.17) is 19.4 Å². The van der Waals surface area contributed by atoms with E-state index in [2.05, 4.69) is 4.98 Å². The third kappa shape index (κ3) is 7.70. The zero-order valence-electron chi connectivity index (χ0n) is 17.2. The van der Waals surface area contributed by atoms with Crippen LogP contribution in [0.25, 0.3) is 0 Å². The molecule has 1 aromatic heterocycles. The number of pyridine rings is 1. The van der Waals surface area contributed by atoms with E-state index in [0.29, 0.717) is 32.9 Å². The second-order valence-electron chi connectivity index (χ2n) is 7.62. The molecule has 31 heavy (non-hydrogen) atoms. The lowest BCUT2D eigenvalue weighted by Crippen LogP contribution is -2.44. The topological polar surface area (TPSA) is 106 Å². The van der Waals surface area contributed by atoms with Crippen LogP contribution < -0.4 is 0 Å². The molecule has 0 radical (unpaired) electrons. The van der Waals surface area contributed by atoms with Crippen molar-refractivity contribution in [2.24, 2.45) is 5.41 Å². The molecule has 1 aromatic rings. The fraction of sp³-hybridized carbons (Fsp3) is 0.684. The quantitative estimate of drug-likeness (QED) is 0.684. The molecule has 0 amide bonds. The number of carboxylic acid groups (broad SMARTS) is 1. The molecule has 1 spiro atoms. The van der Waals surface area contributed by atoms with E-state index >= 15 is 0 Å². The average molecular weight is 468 g/mol. The number of sulfonamides is 1. The molecule has 0 aliphatic carbocycles. The summed E-state index contributed by atoms with van der Waals surface area (Å²) >= 11 is 0. The molecule has 2 aliphatic rings. The van der Waals surface area contributed by atoms with Gasteiger partial charge in [0, 0.05) is 25.5 Å². The van der Waals surface area contributed by atoms with Crippen molar-refractivity contribution in [2.75, 3.05) is 32.1 Å². The van der Waals surface area contributed by atoms with Gasteiger partial charge in [0.05, 0.1) is 31.7 Å². The van der Waals surface area contributed by atoms with Gasteiger partial charge in [-0.15, -0.1) is 0 Å². The monoisotopic (exact) mass is 468 g/mol. The molecule has 0 aromatic carbocycles. The highest BCUT2D eigenvalue weighted by Gasteiger charge is 2.44. The van der Waals surface area contributed by atoms with Gasteiger partial charge in [-0.05, 0) is 43.2 Å². The van der Waals surface area contributed by atoms with Gasteiger partial charge in [-0.1, -0.05) is 6.07 Å². The van der Waals surface area contributed by atoms with Crippen molar-refractivity contribution < 1.29 is 41.0 Å². The number of halogens is 3. The van der Waals surface area contributed by atoms with Gasteiger partial charge in [-0.25, -0.2) is 17.5 Å². The van der Waals surface area contributed by atoms with Crippen molar-refractivity contribution in [3.8, 4) is 0 Å². The number of carbonyl (C=O) groups is 1. The molecule has 2 aliphatic heterocycles. The number of carboxylic acids is 1. The Balaban J connectivity index is 0.000000423. The Morgan fingerprint density at radius 2 is 2.03 bits per heavy atom. The van der Waals surface area contributed by atoms with Crippen LogP contribution in [0, 0.1) is 5.41 Å². The Bertz CT molecular complexity index is 812. The zero-order chi connectivity index (χ0) is 23.1. The lowest BCUT2D eigenvalue weighted by molar-refractivity contribution is -0.192. The van der Waals surface area contributed by atoms with Gasteiger partial charge in [0.25, 0.3) is 0 Å². The van der Waals surface area contributed by atoms with Crippen molar-refractivity contribution in [3.63, 3.8) is 0 Å². The predicted octanol–water partition coefficient (Wildman–Crippen LogP) is 2.45. The largest absolute Gasteiger partial charge is 0.490 e. The van der Waals surface area contributed by atoms with Crippen LogP contribution in [0.5, 0.6) is 0 Å². The van der Waals surface area contributed by atoms with Gasteiger partial charge in [-0.3, -0.25) is 4.98 Å². The summed E-state index contributed by atoms with van der Waals surface area (Å²) in [6, 6.07) is 3.89. The van der Waals surface area contributed by atoms with E-state index in [1.165, 1.54) is 0 Å². The average Bonchev–Trinajstić information content (AvgIpc) is 3.11. The number of alkyl halides is 3. The number of rotatable bonds is 6. The van der Waals surface area contributed by atoms with Crippen LogP contribution in [-0.2, 0) is 30.9 Å². The van der Waals surface area contributed by atoms with Crippen molar-refractivity contribution in [2.45, 2.75) is 45.1 Å². The Morgan fingerprint density at radius 3 is 2.55 bits per heavy atom. The highest BCUT2D eigenvalue weighted by molar-refractivity contribution is 7.89. The minimum atomic E-state index is -5.08. The predicted molar refractivity (Wildman–Crippen MR) is 105 cm³/mol. The minimum absolute atomic E-state index is 0.107. The summed E-state index contributed by atoms with van der Waals surface area (Å²) in [5.74, 6) is -2.58. The Hall–Kier alpha value is -1.76. The summed E-state index contributed by atoms with van der Waals surface area (Å²) in [6.45, 7) is 4.77. The molecule has 0 saturated carbocycles. The third-order valence-electron chi connectivity index (χ3n) is 5.36. The first-order valence-corrected chi connectivity index (χ1v) is 11.4. The minimum Gasteiger partial charge on any atom is -0.475 e. The summed E-state index contributed by atoms with van der Waals surface area (Å²) in [7, 11) is -3.06. The van der Waals surface area contributed by atoms with Crippen molar-refractivity contribution >= 4 is 16.0 Å². The lowest BCUT2D eigenvalue weighted by Gasteiger charge is -2.37. The third-order valence-corrected chi connectivity index (χ3v) is 7.25. The first-order chi connectivity index (χ1) is 14.5. The molecule has 1 N–H and O–H groups in total. The number of aliphatic carboxylic acids is 1. The number of nitrogens with zero attached hydrogens (tertiary/aromatic N) is 2. The highest BCUT2D eigenvalue weighted by atomic mass is 32.2. The van der Waals surface area contributed by atoms with Gasteiger partial charge < -0.3 is 14.6 Å². The lowest BCUT2D eigenvalue weighted by atomic mass is 9.77. The van der Waals surface area contributed by atoms with Gasteiger partial charge in [0.15, 0.2) is 0 Å². The fourth-order valence-electron chi connectivity index (χ4n) is 3.56. The summed E-state index contributed by atoms with van der Waals surface area (Å²) in [4.78, 5) is 13.0. The van der Waals surface area contributed by atoms with Gasteiger partial charge in [-0.2, -0.15) is 13.2 Å². The molecule has 3 rings (SSSR count). The van der Waals surface area contributed by atoms with Crippen molar-refractivity contribution in [3.05, 3.63) is 30.1 Å². The highest BCUT2D eigenvalue weighted by Crippen LogP contribution is 2.42. The number of piperidine rings is 1. The molecule has 176 valence electrons. The van der Waals surface area contributed by atoms with E-state index in [1.54, 1.807) is 23.6 Å². The second kappa shape index (κ2) is 10.7. The van der Waals surface area contributed by atoms with E-state index in [-0.39, 0.29) is 17.3 Å². The summed E-state index contributed by atoms with van der Waals surface area (Å²) in [5.41, 5.74) is 1.19. The van der Waals surface area contributed by atoms with E-state index in [1.807, 2.05) is 12.1 Å². The fourth-order valence-corrected chi connectivity index (χ4v) is 4.67. The van der Waals surface area contributed by atoms with Crippen LogP contribution >= 0.6 is 0 Å². The molecule has 2 saturated heterocycles. The van der Waals surface area contributed by atoms with Crippen LogP contribution in [0.1, 0.15) is 31.7 Å². The standard InChI is InChI=1S/C17H26N2O4S.C2HF3O2/c1-2-24(20,21)19-8-5-17(6-9-19)10-16(23-14-17)13-22-12-15-4-3-7-18-11-15;3-2(4,5)1(6)7/h3-4,7,11,16H,2,5-6,8-10,12-14H2,1H3;(H,6,7). The molecule has 3 heterocycles. The number of aromatic nitrogens is 1. The van der Waals surface area contributed by atoms with Gasteiger partial charge in [0.1, 0.15) is 0 Å². The number of hydrogen-bond acceptors (Lipinski definition) is 6. The maximum absolute atomic E-state index is 12.0. The Labute approximate surface area is 179 Å².